The van der Waals surface area contributed by atoms with Crippen molar-refractivity contribution in [2.24, 2.45) is 5.73 Å². The third kappa shape index (κ3) is 3.68. The van der Waals surface area contributed by atoms with Crippen LogP contribution in [-0.2, 0) is 12.1 Å². The van der Waals surface area contributed by atoms with Crippen LogP contribution >= 0.6 is 23.7 Å². The topological polar surface area (TPSA) is 87.1 Å². The number of ether oxygens (including phenoxy) is 1. The molecule has 0 aliphatic heterocycles. The van der Waals surface area contributed by atoms with Crippen molar-refractivity contribution in [1.82, 2.24) is 15.1 Å². The maximum Gasteiger partial charge on any atom is 0.261 e. The number of benzene rings is 1. The van der Waals surface area contributed by atoms with E-state index in [1.807, 2.05) is 29.6 Å². The van der Waals surface area contributed by atoms with Crippen LogP contribution in [0.2, 0.25) is 0 Å². The molecule has 1 aliphatic rings. The van der Waals surface area contributed by atoms with Gasteiger partial charge in [-0.25, -0.2) is 4.98 Å². The van der Waals surface area contributed by atoms with Gasteiger partial charge in [-0.05, 0) is 25.0 Å². The van der Waals surface area contributed by atoms with Crippen molar-refractivity contribution in [3.63, 3.8) is 0 Å². The predicted molar refractivity (Wildman–Crippen MR) is 97.8 cm³/mol. The summed E-state index contributed by atoms with van der Waals surface area (Å²) in [6.45, 7) is 0.405. The lowest BCUT2D eigenvalue weighted by atomic mass is 9.99. The Morgan fingerprint density at radius 2 is 2.04 bits per heavy atom. The second kappa shape index (κ2) is 7.51. The van der Waals surface area contributed by atoms with Gasteiger partial charge in [0, 0.05) is 5.38 Å². The highest BCUT2D eigenvalue weighted by Gasteiger charge is 2.36. The van der Waals surface area contributed by atoms with E-state index in [0.717, 1.165) is 36.9 Å². The SMILES string of the molecule is Cl.NC1(c2noc(-c3ccccc3OCc3cscn3)n2)CCCC1. The van der Waals surface area contributed by atoms with Gasteiger partial charge in [0.15, 0.2) is 5.82 Å². The van der Waals surface area contributed by atoms with E-state index in [9.17, 15) is 0 Å². The summed E-state index contributed by atoms with van der Waals surface area (Å²) in [5.74, 6) is 1.72. The molecule has 0 spiro atoms. The average Bonchev–Trinajstić information content (AvgIpc) is 3.35. The van der Waals surface area contributed by atoms with E-state index in [1.165, 1.54) is 0 Å². The molecule has 1 aliphatic carbocycles. The number of halogens is 1. The normalized spacial score (nSPS) is 15.7. The van der Waals surface area contributed by atoms with Crippen LogP contribution < -0.4 is 10.5 Å². The largest absolute Gasteiger partial charge is 0.486 e. The van der Waals surface area contributed by atoms with E-state index in [0.29, 0.717) is 24.1 Å². The number of para-hydroxylation sites is 1. The molecule has 2 heterocycles. The Labute approximate surface area is 155 Å². The van der Waals surface area contributed by atoms with E-state index in [1.54, 1.807) is 16.8 Å². The molecule has 0 bridgehead atoms. The Kier molecular flexibility index (Phi) is 5.36. The van der Waals surface area contributed by atoms with Crippen molar-refractivity contribution < 1.29 is 9.26 Å². The van der Waals surface area contributed by atoms with Crippen molar-refractivity contribution in [3.8, 4) is 17.2 Å². The van der Waals surface area contributed by atoms with E-state index in [4.69, 9.17) is 15.0 Å². The first-order valence-corrected chi connectivity index (χ1v) is 8.91. The lowest BCUT2D eigenvalue weighted by Gasteiger charge is -2.17. The Hall–Kier alpha value is -1.96. The molecule has 25 heavy (non-hydrogen) atoms. The second-order valence-corrected chi connectivity index (χ2v) is 6.77. The van der Waals surface area contributed by atoms with E-state index >= 15 is 0 Å². The highest BCUT2D eigenvalue weighted by atomic mass is 35.5. The monoisotopic (exact) mass is 378 g/mol. The summed E-state index contributed by atoms with van der Waals surface area (Å²) < 4.78 is 11.4. The fourth-order valence-electron chi connectivity index (χ4n) is 2.99. The summed E-state index contributed by atoms with van der Waals surface area (Å²) in [7, 11) is 0. The number of hydrogen-bond donors (Lipinski definition) is 1. The zero-order valence-electron chi connectivity index (χ0n) is 13.6. The third-order valence-corrected chi connectivity index (χ3v) is 4.98. The molecular weight excluding hydrogens is 360 g/mol. The molecule has 4 rings (SSSR count). The van der Waals surface area contributed by atoms with Crippen LogP contribution in [0.25, 0.3) is 11.5 Å². The van der Waals surface area contributed by atoms with Crippen molar-refractivity contribution in [1.29, 1.82) is 0 Å². The van der Waals surface area contributed by atoms with E-state index in [-0.39, 0.29) is 12.4 Å². The summed E-state index contributed by atoms with van der Waals surface area (Å²) in [5.41, 5.74) is 9.41. The maximum absolute atomic E-state index is 6.41. The highest BCUT2D eigenvalue weighted by molar-refractivity contribution is 7.07. The zero-order chi connectivity index (χ0) is 16.4. The fourth-order valence-corrected chi connectivity index (χ4v) is 3.54. The lowest BCUT2D eigenvalue weighted by Crippen LogP contribution is -2.34. The van der Waals surface area contributed by atoms with Gasteiger partial charge in [-0.1, -0.05) is 30.1 Å². The van der Waals surface area contributed by atoms with Crippen LogP contribution in [-0.4, -0.2) is 15.1 Å². The zero-order valence-corrected chi connectivity index (χ0v) is 15.2. The van der Waals surface area contributed by atoms with Crippen molar-refractivity contribution in [2.45, 2.75) is 37.8 Å². The Balaban J connectivity index is 0.00000182. The second-order valence-electron chi connectivity index (χ2n) is 6.05. The molecule has 132 valence electrons. The minimum Gasteiger partial charge on any atom is -0.486 e. The quantitative estimate of drug-likeness (QED) is 0.723. The summed E-state index contributed by atoms with van der Waals surface area (Å²) in [6, 6.07) is 7.63. The van der Waals surface area contributed by atoms with Crippen LogP contribution in [0.1, 0.15) is 37.2 Å². The number of rotatable bonds is 5. The smallest absolute Gasteiger partial charge is 0.261 e. The van der Waals surface area contributed by atoms with Crippen molar-refractivity contribution in [3.05, 3.63) is 46.7 Å². The number of hydrogen-bond acceptors (Lipinski definition) is 7. The summed E-state index contributed by atoms with van der Waals surface area (Å²) >= 11 is 1.55. The Morgan fingerprint density at radius 3 is 2.80 bits per heavy atom. The van der Waals surface area contributed by atoms with Crippen LogP contribution in [0.3, 0.4) is 0 Å². The van der Waals surface area contributed by atoms with Gasteiger partial charge in [0.25, 0.3) is 5.89 Å². The predicted octanol–water partition coefficient (Wildman–Crippen LogP) is 3.92. The number of aromatic nitrogens is 3. The molecule has 1 fully saturated rings. The van der Waals surface area contributed by atoms with Gasteiger partial charge in [0.1, 0.15) is 12.4 Å². The van der Waals surface area contributed by atoms with Crippen molar-refractivity contribution >= 4 is 23.7 Å². The van der Waals surface area contributed by atoms with Crippen LogP contribution in [0, 0.1) is 0 Å². The number of nitrogens with zero attached hydrogens (tertiary/aromatic N) is 3. The number of nitrogens with two attached hydrogens (primary N) is 1. The molecule has 2 N–H and O–H groups in total. The molecule has 8 heteroatoms. The van der Waals surface area contributed by atoms with Gasteiger partial charge in [-0.15, -0.1) is 23.7 Å². The van der Waals surface area contributed by atoms with Gasteiger partial charge in [-0.3, -0.25) is 0 Å². The molecule has 0 unspecified atom stereocenters. The lowest BCUT2D eigenvalue weighted by molar-refractivity contribution is 0.301. The molecule has 1 aromatic carbocycles. The molecule has 1 saturated carbocycles. The maximum atomic E-state index is 6.41. The van der Waals surface area contributed by atoms with E-state index < -0.39 is 5.54 Å². The first kappa shape index (κ1) is 17.8. The van der Waals surface area contributed by atoms with E-state index in [2.05, 4.69) is 15.1 Å². The fraction of sp³-hybridized carbons (Fsp3) is 0.353. The first-order chi connectivity index (χ1) is 11.7. The molecule has 2 aromatic heterocycles. The van der Waals surface area contributed by atoms with Gasteiger partial charge in [0.05, 0.1) is 22.3 Å². The van der Waals surface area contributed by atoms with Gasteiger partial charge >= 0.3 is 0 Å². The third-order valence-electron chi connectivity index (χ3n) is 4.34. The minimum absolute atomic E-state index is 0. The highest BCUT2D eigenvalue weighted by Crippen LogP contribution is 2.36. The molecule has 0 radical (unpaired) electrons. The van der Waals surface area contributed by atoms with Gasteiger partial charge in [0.2, 0.25) is 0 Å². The van der Waals surface area contributed by atoms with Crippen LogP contribution in [0.4, 0.5) is 0 Å². The van der Waals surface area contributed by atoms with Crippen LogP contribution in [0.15, 0.2) is 39.7 Å². The molecule has 0 amide bonds. The first-order valence-electron chi connectivity index (χ1n) is 7.97. The average molecular weight is 379 g/mol. The summed E-state index contributed by atoms with van der Waals surface area (Å²) in [5, 5.41) is 6.08. The molecular formula is C17H19ClN4O2S. The minimum atomic E-state index is -0.460. The van der Waals surface area contributed by atoms with Crippen LogP contribution in [0.5, 0.6) is 5.75 Å². The standard InChI is InChI=1S/C17H18N4O2S.ClH/c18-17(7-3-4-8-17)16-20-15(23-21-16)13-5-1-2-6-14(13)22-9-12-10-24-11-19-12;/h1-2,5-6,10-11H,3-4,7-9,18H2;1H. The molecule has 3 aromatic rings. The Morgan fingerprint density at radius 1 is 1.24 bits per heavy atom. The molecule has 0 atom stereocenters. The molecule has 0 saturated heterocycles. The van der Waals surface area contributed by atoms with Gasteiger partial charge < -0.3 is 15.0 Å². The summed E-state index contributed by atoms with van der Waals surface area (Å²) in [4.78, 5) is 8.77. The molecule has 6 nitrogen and oxygen atoms in total. The Bertz CT molecular complexity index is 816. The summed E-state index contributed by atoms with van der Waals surface area (Å²) in [6.07, 6.45) is 4.00. The van der Waals surface area contributed by atoms with Gasteiger partial charge in [-0.2, -0.15) is 4.98 Å². The van der Waals surface area contributed by atoms with Crippen molar-refractivity contribution in [2.75, 3.05) is 0 Å². The number of thiazole rings is 1.